The Hall–Kier alpha value is -1.32. The molecule has 0 atom stereocenters. The van der Waals surface area contributed by atoms with Gasteiger partial charge in [0.05, 0.1) is 12.7 Å². The van der Waals surface area contributed by atoms with Gasteiger partial charge in [-0.25, -0.2) is 0 Å². The van der Waals surface area contributed by atoms with Gasteiger partial charge in [0.15, 0.2) is 5.78 Å². The largest absolute Gasteiger partial charge is 0.496 e. The number of carbonyl (C=O) groups excluding carboxylic acids is 1. The highest BCUT2D eigenvalue weighted by atomic mass is 35.5. The molecule has 2 aromatic rings. The summed E-state index contributed by atoms with van der Waals surface area (Å²) in [7, 11) is 1.55. The maximum Gasteiger partial charge on any atom is 0.171 e. The molecule has 0 aliphatic rings. The van der Waals surface area contributed by atoms with E-state index in [0.29, 0.717) is 22.8 Å². The SMILES string of the molecule is COc1ccc(Cl)cc1C(=O)Cc1cccs1. The van der Waals surface area contributed by atoms with Crippen molar-refractivity contribution in [3.8, 4) is 5.75 Å². The number of Topliss-reactive ketones (excluding diaryl/α,β-unsaturated/α-hetero) is 1. The first kappa shape index (κ1) is 12.1. The van der Waals surface area contributed by atoms with E-state index in [2.05, 4.69) is 0 Å². The summed E-state index contributed by atoms with van der Waals surface area (Å²) in [6.07, 6.45) is 0.383. The summed E-state index contributed by atoms with van der Waals surface area (Å²) < 4.78 is 5.16. The van der Waals surface area contributed by atoms with Crippen LogP contribution in [0.5, 0.6) is 5.75 Å². The van der Waals surface area contributed by atoms with Crippen molar-refractivity contribution in [2.24, 2.45) is 0 Å². The van der Waals surface area contributed by atoms with Gasteiger partial charge in [-0.2, -0.15) is 0 Å². The number of carbonyl (C=O) groups is 1. The minimum Gasteiger partial charge on any atom is -0.496 e. The van der Waals surface area contributed by atoms with Crippen molar-refractivity contribution >= 4 is 28.7 Å². The summed E-state index contributed by atoms with van der Waals surface area (Å²) in [5.41, 5.74) is 0.536. The Morgan fingerprint density at radius 1 is 1.41 bits per heavy atom. The molecule has 2 nitrogen and oxygen atoms in total. The smallest absolute Gasteiger partial charge is 0.171 e. The van der Waals surface area contributed by atoms with Crippen LogP contribution in [0.25, 0.3) is 0 Å². The Balaban J connectivity index is 2.26. The third kappa shape index (κ3) is 2.87. The molecule has 1 aromatic heterocycles. The van der Waals surface area contributed by atoms with Gasteiger partial charge in [0.25, 0.3) is 0 Å². The lowest BCUT2D eigenvalue weighted by Gasteiger charge is -2.07. The summed E-state index contributed by atoms with van der Waals surface area (Å²) >= 11 is 7.46. The minimum absolute atomic E-state index is 0.0202. The second-order valence-corrected chi connectivity index (χ2v) is 4.99. The molecule has 0 saturated carbocycles. The Bertz CT molecular complexity index is 520. The summed E-state index contributed by atoms with van der Waals surface area (Å²) in [6, 6.07) is 8.95. The molecule has 1 heterocycles. The Morgan fingerprint density at radius 2 is 2.24 bits per heavy atom. The van der Waals surface area contributed by atoms with E-state index in [1.54, 1.807) is 36.6 Å². The fraction of sp³-hybridized carbons (Fsp3) is 0.154. The van der Waals surface area contributed by atoms with Crippen molar-refractivity contribution in [3.63, 3.8) is 0 Å². The van der Waals surface area contributed by atoms with Crippen LogP contribution in [-0.4, -0.2) is 12.9 Å². The zero-order chi connectivity index (χ0) is 12.3. The van der Waals surface area contributed by atoms with Crippen molar-refractivity contribution in [2.75, 3.05) is 7.11 Å². The maximum absolute atomic E-state index is 12.1. The van der Waals surface area contributed by atoms with Crippen LogP contribution in [0.4, 0.5) is 0 Å². The first-order valence-electron chi connectivity index (χ1n) is 5.10. The molecule has 0 aliphatic carbocycles. The molecular weight excluding hydrogens is 256 g/mol. The van der Waals surface area contributed by atoms with Gasteiger partial charge in [0.2, 0.25) is 0 Å². The highest BCUT2D eigenvalue weighted by Crippen LogP contribution is 2.24. The predicted octanol–water partition coefficient (Wildman–Crippen LogP) is 3.84. The zero-order valence-electron chi connectivity index (χ0n) is 9.27. The number of hydrogen-bond donors (Lipinski definition) is 0. The third-order valence-corrected chi connectivity index (χ3v) is 3.49. The molecule has 0 unspecified atom stereocenters. The summed E-state index contributed by atoms with van der Waals surface area (Å²) in [5, 5.41) is 2.50. The second-order valence-electron chi connectivity index (χ2n) is 3.52. The highest BCUT2D eigenvalue weighted by molar-refractivity contribution is 7.10. The topological polar surface area (TPSA) is 26.3 Å². The summed E-state index contributed by atoms with van der Waals surface area (Å²) in [4.78, 5) is 13.2. The maximum atomic E-state index is 12.1. The lowest BCUT2D eigenvalue weighted by Crippen LogP contribution is -2.04. The standard InChI is InChI=1S/C13H11ClO2S/c1-16-13-5-4-9(14)7-11(13)12(15)8-10-3-2-6-17-10/h2-7H,8H2,1H3. The number of benzene rings is 1. The first-order valence-corrected chi connectivity index (χ1v) is 6.35. The van der Waals surface area contributed by atoms with Crippen molar-refractivity contribution in [2.45, 2.75) is 6.42 Å². The molecule has 1 aromatic carbocycles. The molecule has 4 heteroatoms. The highest BCUT2D eigenvalue weighted by Gasteiger charge is 2.13. The van der Waals surface area contributed by atoms with E-state index in [4.69, 9.17) is 16.3 Å². The van der Waals surface area contributed by atoms with Gasteiger partial charge in [0.1, 0.15) is 5.75 Å². The van der Waals surface area contributed by atoms with E-state index in [1.807, 2.05) is 17.5 Å². The van der Waals surface area contributed by atoms with E-state index >= 15 is 0 Å². The molecule has 0 radical (unpaired) electrons. The number of methoxy groups -OCH3 is 1. The quantitative estimate of drug-likeness (QED) is 0.786. The van der Waals surface area contributed by atoms with Crippen LogP contribution >= 0.6 is 22.9 Å². The van der Waals surface area contributed by atoms with Gasteiger partial charge in [0, 0.05) is 16.3 Å². The Morgan fingerprint density at radius 3 is 2.88 bits per heavy atom. The van der Waals surface area contributed by atoms with Gasteiger partial charge in [-0.3, -0.25) is 4.79 Å². The van der Waals surface area contributed by atoms with E-state index in [1.165, 1.54) is 0 Å². The van der Waals surface area contributed by atoms with Crippen LogP contribution in [0.3, 0.4) is 0 Å². The molecule has 0 fully saturated rings. The van der Waals surface area contributed by atoms with Crippen LogP contribution in [0, 0.1) is 0 Å². The fourth-order valence-corrected chi connectivity index (χ4v) is 2.44. The molecule has 0 aliphatic heterocycles. The van der Waals surface area contributed by atoms with Gasteiger partial charge >= 0.3 is 0 Å². The second kappa shape index (κ2) is 5.34. The van der Waals surface area contributed by atoms with Crippen molar-refractivity contribution in [3.05, 3.63) is 51.2 Å². The van der Waals surface area contributed by atoms with Gasteiger partial charge < -0.3 is 4.74 Å². The molecule has 0 amide bonds. The molecule has 0 bridgehead atoms. The van der Waals surface area contributed by atoms with Crippen molar-refractivity contribution in [1.82, 2.24) is 0 Å². The van der Waals surface area contributed by atoms with Crippen molar-refractivity contribution < 1.29 is 9.53 Å². The number of thiophene rings is 1. The van der Waals surface area contributed by atoms with Gasteiger partial charge in [-0.15, -0.1) is 11.3 Å². The minimum atomic E-state index is 0.0202. The Kier molecular flexibility index (Phi) is 3.82. The van der Waals surface area contributed by atoms with Crippen LogP contribution in [0.2, 0.25) is 5.02 Å². The van der Waals surface area contributed by atoms with Crippen LogP contribution in [0.15, 0.2) is 35.7 Å². The molecule has 2 rings (SSSR count). The number of ketones is 1. The van der Waals surface area contributed by atoms with E-state index in [9.17, 15) is 4.79 Å². The summed E-state index contributed by atoms with van der Waals surface area (Å²) in [5.74, 6) is 0.586. The van der Waals surface area contributed by atoms with Gasteiger partial charge in [-0.05, 0) is 29.6 Å². The molecule has 0 saturated heterocycles. The summed E-state index contributed by atoms with van der Waals surface area (Å²) in [6.45, 7) is 0. The first-order chi connectivity index (χ1) is 8.20. The van der Waals surface area contributed by atoms with Crippen LogP contribution in [0.1, 0.15) is 15.2 Å². The number of halogens is 1. The molecular formula is C13H11ClO2S. The predicted molar refractivity (Wildman–Crippen MR) is 70.4 cm³/mol. The number of rotatable bonds is 4. The third-order valence-electron chi connectivity index (χ3n) is 2.38. The van der Waals surface area contributed by atoms with Crippen molar-refractivity contribution in [1.29, 1.82) is 0 Å². The van der Waals surface area contributed by atoms with Gasteiger partial charge in [-0.1, -0.05) is 17.7 Å². The fourth-order valence-electron chi connectivity index (χ4n) is 1.56. The lowest BCUT2D eigenvalue weighted by atomic mass is 10.1. The molecule has 0 spiro atoms. The monoisotopic (exact) mass is 266 g/mol. The Labute approximate surface area is 109 Å². The molecule has 17 heavy (non-hydrogen) atoms. The van der Waals surface area contributed by atoms with E-state index in [-0.39, 0.29) is 5.78 Å². The average molecular weight is 267 g/mol. The van der Waals surface area contributed by atoms with Crippen LogP contribution < -0.4 is 4.74 Å². The van der Waals surface area contributed by atoms with E-state index in [0.717, 1.165) is 4.88 Å². The number of hydrogen-bond acceptors (Lipinski definition) is 3. The molecule has 88 valence electrons. The average Bonchev–Trinajstić information content (AvgIpc) is 2.81. The normalized spacial score (nSPS) is 10.2. The zero-order valence-corrected chi connectivity index (χ0v) is 10.8. The van der Waals surface area contributed by atoms with E-state index < -0.39 is 0 Å². The molecule has 0 N–H and O–H groups in total. The lowest BCUT2D eigenvalue weighted by molar-refractivity contribution is 0.0991. The number of ether oxygens (including phenoxy) is 1. The van der Waals surface area contributed by atoms with Crippen LogP contribution in [-0.2, 0) is 6.42 Å².